The summed E-state index contributed by atoms with van der Waals surface area (Å²) in [5.74, 6) is 0.623. The van der Waals surface area contributed by atoms with Crippen LogP contribution in [0.2, 0.25) is 5.02 Å². The topological polar surface area (TPSA) is 31.0 Å². The largest absolute Gasteiger partial charge is 0.435 e. The standard InChI is InChI=1S/C35H21ClN2O/c36-26-16-17-28-31(21-26)38(27-13-7-12-25(20-27)22-8-3-1-4-9-22)30-19-15-23-14-18-29-34(32(23)33(28)30)39-35(37-29)24-10-5-2-6-11-24/h1-21H. The molecule has 2 aromatic heterocycles. The van der Waals surface area contributed by atoms with E-state index in [9.17, 15) is 0 Å². The molecule has 0 aliphatic carbocycles. The van der Waals surface area contributed by atoms with E-state index in [0.29, 0.717) is 10.9 Å². The predicted octanol–water partition coefficient (Wildman–Crippen LogP) is 10.1. The molecular weight excluding hydrogens is 500 g/mol. The molecule has 0 saturated carbocycles. The zero-order chi connectivity index (χ0) is 25.9. The van der Waals surface area contributed by atoms with Gasteiger partial charge >= 0.3 is 0 Å². The van der Waals surface area contributed by atoms with Crippen molar-refractivity contribution in [3.05, 3.63) is 132 Å². The molecule has 0 aliphatic heterocycles. The molecule has 0 aliphatic rings. The average Bonchev–Trinajstić information content (AvgIpc) is 3.57. The fourth-order valence-corrected chi connectivity index (χ4v) is 5.88. The number of hydrogen-bond donors (Lipinski definition) is 0. The third kappa shape index (κ3) is 3.48. The van der Waals surface area contributed by atoms with Crippen molar-refractivity contribution < 1.29 is 4.42 Å². The molecule has 0 unspecified atom stereocenters. The van der Waals surface area contributed by atoms with Gasteiger partial charge in [0.25, 0.3) is 0 Å². The van der Waals surface area contributed by atoms with E-state index < -0.39 is 0 Å². The molecule has 0 amide bonds. The normalized spacial score (nSPS) is 11.7. The summed E-state index contributed by atoms with van der Waals surface area (Å²) in [6, 6.07) is 43.8. The first-order chi connectivity index (χ1) is 19.2. The van der Waals surface area contributed by atoms with Crippen LogP contribution < -0.4 is 0 Å². The van der Waals surface area contributed by atoms with Crippen LogP contribution in [0, 0.1) is 0 Å². The molecule has 8 aromatic rings. The second kappa shape index (κ2) is 8.59. The molecule has 8 rings (SSSR count). The van der Waals surface area contributed by atoms with Crippen LogP contribution in [-0.4, -0.2) is 9.55 Å². The molecule has 0 fully saturated rings. The van der Waals surface area contributed by atoms with Crippen LogP contribution in [0.15, 0.2) is 132 Å². The van der Waals surface area contributed by atoms with Crippen LogP contribution in [0.3, 0.4) is 0 Å². The number of halogens is 1. The lowest BCUT2D eigenvalue weighted by Gasteiger charge is -2.11. The quantitative estimate of drug-likeness (QED) is 0.232. The molecule has 184 valence electrons. The van der Waals surface area contributed by atoms with Gasteiger partial charge in [0.05, 0.1) is 11.0 Å². The summed E-state index contributed by atoms with van der Waals surface area (Å²) in [6.45, 7) is 0. The van der Waals surface area contributed by atoms with Gasteiger partial charge in [0.1, 0.15) is 5.52 Å². The Balaban J connectivity index is 1.47. The van der Waals surface area contributed by atoms with E-state index in [-0.39, 0.29) is 0 Å². The van der Waals surface area contributed by atoms with Crippen molar-refractivity contribution in [1.82, 2.24) is 9.55 Å². The van der Waals surface area contributed by atoms with Crippen LogP contribution in [0.25, 0.3) is 71.9 Å². The first kappa shape index (κ1) is 22.2. The minimum atomic E-state index is 0.623. The summed E-state index contributed by atoms with van der Waals surface area (Å²) >= 11 is 6.58. The van der Waals surface area contributed by atoms with Crippen LogP contribution in [-0.2, 0) is 0 Å². The molecular formula is C35H21ClN2O. The number of oxazole rings is 1. The lowest BCUT2D eigenvalue weighted by atomic mass is 10.0. The van der Waals surface area contributed by atoms with E-state index in [1.165, 1.54) is 5.56 Å². The van der Waals surface area contributed by atoms with Gasteiger partial charge in [-0.2, -0.15) is 0 Å². The van der Waals surface area contributed by atoms with E-state index >= 15 is 0 Å². The molecule has 0 spiro atoms. The van der Waals surface area contributed by atoms with Gasteiger partial charge in [-0.3, -0.25) is 0 Å². The lowest BCUT2D eigenvalue weighted by molar-refractivity contribution is 0.623. The highest BCUT2D eigenvalue weighted by Crippen LogP contribution is 2.41. The number of rotatable bonds is 3. The molecule has 3 nitrogen and oxygen atoms in total. The molecule has 39 heavy (non-hydrogen) atoms. The van der Waals surface area contributed by atoms with Crippen molar-refractivity contribution in [2.45, 2.75) is 0 Å². The maximum absolute atomic E-state index is 6.58. The third-order valence-corrected chi connectivity index (χ3v) is 7.70. The van der Waals surface area contributed by atoms with Gasteiger partial charge in [0.2, 0.25) is 5.89 Å². The molecule has 2 heterocycles. The maximum Gasteiger partial charge on any atom is 0.227 e. The van der Waals surface area contributed by atoms with E-state index in [2.05, 4.69) is 77.4 Å². The summed E-state index contributed by atoms with van der Waals surface area (Å²) in [5.41, 5.74) is 8.16. The Morgan fingerprint density at radius 1 is 0.590 bits per heavy atom. The van der Waals surface area contributed by atoms with Crippen LogP contribution >= 0.6 is 11.6 Å². The highest BCUT2D eigenvalue weighted by molar-refractivity contribution is 6.33. The Hall–Kier alpha value is -4.86. The van der Waals surface area contributed by atoms with Crippen molar-refractivity contribution in [3.8, 4) is 28.3 Å². The van der Waals surface area contributed by atoms with Gasteiger partial charge in [0.15, 0.2) is 5.58 Å². The van der Waals surface area contributed by atoms with Crippen LogP contribution in [0.1, 0.15) is 0 Å². The average molecular weight is 521 g/mol. The second-order valence-electron chi connectivity index (χ2n) is 9.77. The zero-order valence-electron chi connectivity index (χ0n) is 20.8. The van der Waals surface area contributed by atoms with E-state index in [0.717, 1.165) is 60.5 Å². The second-order valence-corrected chi connectivity index (χ2v) is 10.2. The monoisotopic (exact) mass is 520 g/mol. The van der Waals surface area contributed by atoms with Gasteiger partial charge in [-0.05, 0) is 65.0 Å². The highest BCUT2D eigenvalue weighted by atomic mass is 35.5. The number of benzene rings is 6. The first-order valence-corrected chi connectivity index (χ1v) is 13.3. The van der Waals surface area contributed by atoms with Gasteiger partial charge in [0, 0.05) is 32.4 Å². The van der Waals surface area contributed by atoms with Gasteiger partial charge in [-0.15, -0.1) is 0 Å². The Kier molecular flexibility index (Phi) is 4.88. The molecule has 0 atom stereocenters. The van der Waals surface area contributed by atoms with E-state index in [1.807, 2.05) is 54.6 Å². The van der Waals surface area contributed by atoms with Crippen molar-refractivity contribution in [2.75, 3.05) is 0 Å². The van der Waals surface area contributed by atoms with Gasteiger partial charge < -0.3 is 8.98 Å². The summed E-state index contributed by atoms with van der Waals surface area (Å²) in [4.78, 5) is 4.85. The molecule has 0 bridgehead atoms. The highest BCUT2D eigenvalue weighted by Gasteiger charge is 2.19. The molecule has 6 aromatic carbocycles. The number of nitrogens with zero attached hydrogens (tertiary/aromatic N) is 2. The van der Waals surface area contributed by atoms with Crippen LogP contribution in [0.4, 0.5) is 0 Å². The fourth-order valence-electron chi connectivity index (χ4n) is 5.71. The van der Waals surface area contributed by atoms with Gasteiger partial charge in [-0.1, -0.05) is 90.5 Å². The SMILES string of the molecule is Clc1ccc2c3c4c(ccc5nc(-c6ccccc6)oc54)ccc3n(-c3cccc(-c4ccccc4)c3)c2c1. The van der Waals surface area contributed by atoms with Crippen molar-refractivity contribution in [2.24, 2.45) is 0 Å². The summed E-state index contributed by atoms with van der Waals surface area (Å²) in [6.07, 6.45) is 0. The maximum atomic E-state index is 6.58. The summed E-state index contributed by atoms with van der Waals surface area (Å²) in [7, 11) is 0. The number of hydrogen-bond acceptors (Lipinski definition) is 2. The Labute approximate surface area is 229 Å². The predicted molar refractivity (Wildman–Crippen MR) is 162 cm³/mol. The molecule has 0 N–H and O–H groups in total. The van der Waals surface area contributed by atoms with Crippen molar-refractivity contribution in [1.29, 1.82) is 0 Å². The smallest absolute Gasteiger partial charge is 0.227 e. The summed E-state index contributed by atoms with van der Waals surface area (Å²) < 4.78 is 8.79. The molecule has 0 saturated heterocycles. The molecule has 4 heteroatoms. The minimum absolute atomic E-state index is 0.623. The lowest BCUT2D eigenvalue weighted by Crippen LogP contribution is -1.94. The van der Waals surface area contributed by atoms with Gasteiger partial charge in [-0.25, -0.2) is 4.98 Å². The van der Waals surface area contributed by atoms with E-state index in [1.54, 1.807) is 0 Å². The Bertz CT molecular complexity index is 2180. The fraction of sp³-hybridized carbons (Fsp3) is 0. The number of fused-ring (bicyclic) bond motifs is 7. The third-order valence-electron chi connectivity index (χ3n) is 7.46. The summed E-state index contributed by atoms with van der Waals surface area (Å²) in [5, 5.41) is 5.12. The van der Waals surface area contributed by atoms with Crippen molar-refractivity contribution in [3.63, 3.8) is 0 Å². The zero-order valence-corrected chi connectivity index (χ0v) is 21.6. The van der Waals surface area contributed by atoms with Crippen LogP contribution in [0.5, 0.6) is 0 Å². The molecule has 0 radical (unpaired) electrons. The minimum Gasteiger partial charge on any atom is -0.435 e. The Morgan fingerprint density at radius 3 is 2.15 bits per heavy atom. The van der Waals surface area contributed by atoms with Crippen molar-refractivity contribution >= 4 is 55.3 Å². The van der Waals surface area contributed by atoms with E-state index in [4.69, 9.17) is 21.0 Å². The number of aromatic nitrogens is 2. The first-order valence-electron chi connectivity index (χ1n) is 12.9. The Morgan fingerprint density at radius 2 is 1.33 bits per heavy atom.